The summed E-state index contributed by atoms with van der Waals surface area (Å²) >= 11 is 0. The molecule has 0 aromatic heterocycles. The van der Waals surface area contributed by atoms with Gasteiger partial charge in [-0.3, -0.25) is 0 Å². The van der Waals surface area contributed by atoms with Crippen LogP contribution in [0.25, 0.3) is 6.08 Å². The molecular weight excluding hydrogens is 172 g/mol. The van der Waals surface area contributed by atoms with Gasteiger partial charge in [0.2, 0.25) is 0 Å². The monoisotopic (exact) mass is 188 g/mol. The topological polar surface area (TPSA) is 9.23 Å². The molecule has 0 N–H and O–H groups in total. The Labute approximate surface area is 85.4 Å². The lowest BCUT2D eigenvalue weighted by molar-refractivity contribution is 0.413. The molecular formula is C13H16O. The molecule has 1 aliphatic carbocycles. The van der Waals surface area contributed by atoms with Crippen molar-refractivity contribution in [1.29, 1.82) is 0 Å². The molecule has 1 heteroatoms. The third kappa shape index (κ3) is 1.43. The fourth-order valence-electron chi connectivity index (χ4n) is 2.01. The maximum atomic E-state index is 5.21. The van der Waals surface area contributed by atoms with Crippen LogP contribution in [0.15, 0.2) is 24.3 Å². The summed E-state index contributed by atoms with van der Waals surface area (Å²) in [7, 11) is 1.71. The van der Waals surface area contributed by atoms with Crippen LogP contribution in [0.1, 0.15) is 31.4 Å². The lowest BCUT2D eigenvalue weighted by atomic mass is 9.76. The van der Waals surface area contributed by atoms with E-state index in [0.717, 1.165) is 12.2 Å². The molecule has 1 aliphatic rings. The lowest BCUT2D eigenvalue weighted by Gasteiger charge is -2.29. The number of ether oxygens (including phenoxy) is 1. The van der Waals surface area contributed by atoms with Crippen LogP contribution in [0.4, 0.5) is 0 Å². The largest absolute Gasteiger partial charge is 0.497 e. The Bertz CT molecular complexity index is 375. The zero-order valence-electron chi connectivity index (χ0n) is 9.00. The maximum absolute atomic E-state index is 5.21. The van der Waals surface area contributed by atoms with E-state index in [4.69, 9.17) is 4.74 Å². The van der Waals surface area contributed by atoms with Crippen molar-refractivity contribution in [3.63, 3.8) is 0 Å². The van der Waals surface area contributed by atoms with Crippen LogP contribution in [-0.2, 0) is 5.41 Å². The van der Waals surface area contributed by atoms with E-state index in [-0.39, 0.29) is 5.41 Å². The van der Waals surface area contributed by atoms with Crippen molar-refractivity contribution >= 4 is 6.08 Å². The molecule has 0 saturated heterocycles. The van der Waals surface area contributed by atoms with E-state index >= 15 is 0 Å². The Hall–Kier alpha value is -1.24. The zero-order chi connectivity index (χ0) is 10.2. The molecule has 14 heavy (non-hydrogen) atoms. The molecule has 0 aliphatic heterocycles. The van der Waals surface area contributed by atoms with Gasteiger partial charge in [-0.15, -0.1) is 0 Å². The van der Waals surface area contributed by atoms with Gasteiger partial charge >= 0.3 is 0 Å². The van der Waals surface area contributed by atoms with Gasteiger partial charge in [-0.2, -0.15) is 0 Å². The third-order valence-electron chi connectivity index (χ3n) is 2.91. The van der Waals surface area contributed by atoms with E-state index in [1.165, 1.54) is 11.1 Å². The molecule has 1 aromatic rings. The summed E-state index contributed by atoms with van der Waals surface area (Å²) in [4.78, 5) is 0. The van der Waals surface area contributed by atoms with Crippen molar-refractivity contribution in [2.24, 2.45) is 0 Å². The van der Waals surface area contributed by atoms with Crippen molar-refractivity contribution in [1.82, 2.24) is 0 Å². The number of benzene rings is 1. The van der Waals surface area contributed by atoms with Crippen LogP contribution in [-0.4, -0.2) is 7.11 Å². The molecule has 1 nitrogen and oxygen atoms in total. The van der Waals surface area contributed by atoms with Crippen LogP contribution >= 0.6 is 0 Å². The molecule has 0 amide bonds. The average molecular weight is 188 g/mol. The Morgan fingerprint density at radius 1 is 1.29 bits per heavy atom. The minimum absolute atomic E-state index is 0.260. The SMILES string of the molecule is COc1ccc2c(c1)C=CCC2(C)C. The molecule has 0 unspecified atom stereocenters. The van der Waals surface area contributed by atoms with E-state index in [1.807, 2.05) is 6.07 Å². The van der Waals surface area contributed by atoms with Crippen LogP contribution in [0.3, 0.4) is 0 Å². The molecule has 0 saturated carbocycles. The van der Waals surface area contributed by atoms with Crippen LogP contribution in [0.2, 0.25) is 0 Å². The molecule has 0 spiro atoms. The van der Waals surface area contributed by atoms with Crippen molar-refractivity contribution in [3.8, 4) is 5.75 Å². The van der Waals surface area contributed by atoms with E-state index in [9.17, 15) is 0 Å². The fraction of sp³-hybridized carbons (Fsp3) is 0.385. The van der Waals surface area contributed by atoms with Crippen molar-refractivity contribution in [2.75, 3.05) is 7.11 Å². The first-order chi connectivity index (χ1) is 6.63. The standard InChI is InChI=1S/C13H16O/c1-13(2)8-4-5-10-9-11(14-3)6-7-12(10)13/h4-7,9H,8H2,1-3H3. The first-order valence-corrected chi connectivity index (χ1v) is 4.98. The van der Waals surface area contributed by atoms with Gasteiger partial charge in [-0.1, -0.05) is 32.1 Å². The van der Waals surface area contributed by atoms with E-state index in [0.29, 0.717) is 0 Å². The molecule has 0 radical (unpaired) electrons. The minimum Gasteiger partial charge on any atom is -0.497 e. The van der Waals surface area contributed by atoms with E-state index in [2.05, 4.69) is 38.1 Å². The second kappa shape index (κ2) is 3.16. The summed E-state index contributed by atoms with van der Waals surface area (Å²) in [6.07, 6.45) is 5.54. The predicted molar refractivity (Wildman–Crippen MR) is 59.7 cm³/mol. The molecule has 0 atom stereocenters. The first-order valence-electron chi connectivity index (χ1n) is 4.98. The highest BCUT2D eigenvalue weighted by molar-refractivity contribution is 5.61. The number of hydrogen-bond donors (Lipinski definition) is 0. The Kier molecular flexibility index (Phi) is 2.10. The van der Waals surface area contributed by atoms with Gasteiger partial charge in [0.25, 0.3) is 0 Å². The number of fused-ring (bicyclic) bond motifs is 1. The molecule has 0 fully saturated rings. The molecule has 0 bridgehead atoms. The fourth-order valence-corrected chi connectivity index (χ4v) is 2.01. The van der Waals surface area contributed by atoms with Crippen LogP contribution in [0.5, 0.6) is 5.75 Å². The average Bonchev–Trinajstić information content (AvgIpc) is 2.16. The minimum atomic E-state index is 0.260. The Morgan fingerprint density at radius 3 is 2.79 bits per heavy atom. The maximum Gasteiger partial charge on any atom is 0.119 e. The van der Waals surface area contributed by atoms with Gasteiger partial charge in [0, 0.05) is 0 Å². The number of hydrogen-bond acceptors (Lipinski definition) is 1. The van der Waals surface area contributed by atoms with Gasteiger partial charge in [-0.25, -0.2) is 0 Å². The second-order valence-electron chi connectivity index (χ2n) is 4.44. The van der Waals surface area contributed by atoms with Crippen molar-refractivity contribution < 1.29 is 4.74 Å². The zero-order valence-corrected chi connectivity index (χ0v) is 9.00. The summed E-state index contributed by atoms with van der Waals surface area (Å²) in [6.45, 7) is 4.56. The second-order valence-corrected chi connectivity index (χ2v) is 4.44. The van der Waals surface area contributed by atoms with Gasteiger partial charge in [0.1, 0.15) is 5.75 Å². The number of rotatable bonds is 1. The summed E-state index contributed by atoms with van der Waals surface area (Å²) in [5, 5.41) is 0. The Morgan fingerprint density at radius 2 is 2.07 bits per heavy atom. The van der Waals surface area contributed by atoms with Gasteiger partial charge < -0.3 is 4.74 Å². The normalized spacial score (nSPS) is 17.6. The molecule has 0 heterocycles. The highest BCUT2D eigenvalue weighted by atomic mass is 16.5. The van der Waals surface area contributed by atoms with Crippen LogP contribution in [0, 0.1) is 0 Å². The quantitative estimate of drug-likeness (QED) is 0.656. The van der Waals surface area contributed by atoms with Crippen molar-refractivity contribution in [3.05, 3.63) is 35.4 Å². The van der Waals surface area contributed by atoms with Gasteiger partial charge in [0.05, 0.1) is 7.11 Å². The van der Waals surface area contributed by atoms with Crippen molar-refractivity contribution in [2.45, 2.75) is 25.7 Å². The van der Waals surface area contributed by atoms with Crippen LogP contribution < -0.4 is 4.74 Å². The highest BCUT2D eigenvalue weighted by Crippen LogP contribution is 2.36. The van der Waals surface area contributed by atoms with E-state index in [1.54, 1.807) is 7.11 Å². The molecule has 1 aromatic carbocycles. The first kappa shape index (κ1) is 9.32. The van der Waals surface area contributed by atoms with Gasteiger partial charge in [0.15, 0.2) is 0 Å². The number of methoxy groups -OCH3 is 1. The summed E-state index contributed by atoms with van der Waals surface area (Å²) in [5.41, 5.74) is 2.97. The Balaban J connectivity index is 2.53. The lowest BCUT2D eigenvalue weighted by Crippen LogP contribution is -2.19. The highest BCUT2D eigenvalue weighted by Gasteiger charge is 2.24. The summed E-state index contributed by atoms with van der Waals surface area (Å²) in [6, 6.07) is 6.32. The predicted octanol–water partition coefficient (Wildman–Crippen LogP) is 3.39. The molecule has 2 rings (SSSR count). The smallest absolute Gasteiger partial charge is 0.119 e. The summed E-state index contributed by atoms with van der Waals surface area (Å²) < 4.78 is 5.21. The van der Waals surface area contributed by atoms with Gasteiger partial charge in [-0.05, 0) is 35.1 Å². The third-order valence-corrected chi connectivity index (χ3v) is 2.91. The molecule has 74 valence electrons. The summed E-state index contributed by atoms with van der Waals surface area (Å²) in [5.74, 6) is 0.936. The number of allylic oxidation sites excluding steroid dienone is 1. The van der Waals surface area contributed by atoms with E-state index < -0.39 is 0 Å².